The Balaban J connectivity index is 2.76. The third-order valence-corrected chi connectivity index (χ3v) is 2.59. The zero-order valence-corrected chi connectivity index (χ0v) is 10.9. The van der Waals surface area contributed by atoms with E-state index in [1.165, 1.54) is 0 Å². The molecule has 0 unspecified atom stereocenters. The van der Waals surface area contributed by atoms with Gasteiger partial charge in [-0.3, -0.25) is 0 Å². The normalized spacial score (nSPS) is 9.33. The second-order valence-electron chi connectivity index (χ2n) is 3.17. The van der Waals surface area contributed by atoms with Crippen LogP contribution < -0.4 is 10.6 Å². The predicted molar refractivity (Wildman–Crippen MR) is 69.5 cm³/mol. The lowest BCUT2D eigenvalue weighted by Gasteiger charge is -2.09. The summed E-state index contributed by atoms with van der Waals surface area (Å²) >= 11 is 11.8. The van der Waals surface area contributed by atoms with E-state index >= 15 is 0 Å². The molecule has 18 heavy (non-hydrogen) atoms. The molecule has 0 atom stereocenters. The first-order chi connectivity index (χ1) is 8.69. The number of anilines is 2. The molecule has 0 fully saturated rings. The predicted octanol–water partition coefficient (Wildman–Crippen LogP) is 2.43. The number of hydrogen-bond donors (Lipinski definition) is 2. The summed E-state index contributed by atoms with van der Waals surface area (Å²) < 4.78 is 0. The molecule has 0 radical (unpaired) electrons. The van der Waals surface area contributed by atoms with Crippen LogP contribution in [0.2, 0.25) is 10.2 Å². The first-order valence-corrected chi connectivity index (χ1v) is 5.89. The fraction of sp³-hybridized carbons (Fsp3) is 0.400. The largest absolute Gasteiger partial charge is 0.368 e. The van der Waals surface area contributed by atoms with Crippen molar-refractivity contribution in [3.05, 3.63) is 10.2 Å². The van der Waals surface area contributed by atoms with Crippen molar-refractivity contribution < 1.29 is 0 Å². The fourth-order valence-corrected chi connectivity index (χ4v) is 1.40. The van der Waals surface area contributed by atoms with Crippen molar-refractivity contribution in [2.45, 2.75) is 12.8 Å². The van der Waals surface area contributed by atoms with E-state index in [4.69, 9.17) is 33.7 Å². The van der Waals surface area contributed by atoms with Crippen molar-refractivity contribution in [3.63, 3.8) is 0 Å². The Kier molecular flexibility index (Phi) is 5.99. The van der Waals surface area contributed by atoms with Crippen LogP contribution in [-0.2, 0) is 0 Å². The van der Waals surface area contributed by atoms with Gasteiger partial charge in [0.15, 0.2) is 11.0 Å². The minimum absolute atomic E-state index is 0.116. The average Bonchev–Trinajstić information content (AvgIpc) is 2.35. The molecule has 0 aliphatic heterocycles. The van der Waals surface area contributed by atoms with E-state index in [0.717, 1.165) is 0 Å². The zero-order valence-electron chi connectivity index (χ0n) is 9.37. The molecule has 2 N–H and O–H groups in total. The molecule has 0 bridgehead atoms. The van der Waals surface area contributed by atoms with Crippen LogP contribution in [0.5, 0.6) is 0 Å². The lowest BCUT2D eigenvalue weighted by molar-refractivity contribution is 1.00. The molecule has 8 heteroatoms. The molecule has 0 aromatic carbocycles. The van der Waals surface area contributed by atoms with Crippen LogP contribution in [0.25, 0.3) is 0 Å². The molecule has 94 valence electrons. The summed E-state index contributed by atoms with van der Waals surface area (Å²) in [5, 5.41) is 22.9. The van der Waals surface area contributed by atoms with E-state index in [1.807, 2.05) is 12.1 Å². The summed E-state index contributed by atoms with van der Waals surface area (Å²) in [4.78, 5) is 8.04. The third-order valence-electron chi connectivity index (χ3n) is 1.86. The van der Waals surface area contributed by atoms with Gasteiger partial charge in [-0.2, -0.15) is 20.5 Å². The first kappa shape index (κ1) is 14.3. The van der Waals surface area contributed by atoms with Crippen LogP contribution >= 0.6 is 23.2 Å². The third kappa shape index (κ3) is 4.25. The van der Waals surface area contributed by atoms with Gasteiger partial charge >= 0.3 is 0 Å². The van der Waals surface area contributed by atoms with Crippen LogP contribution in [0.15, 0.2) is 0 Å². The van der Waals surface area contributed by atoms with Crippen LogP contribution in [0.3, 0.4) is 0 Å². The number of aromatic nitrogens is 2. The van der Waals surface area contributed by atoms with Gasteiger partial charge in [-0.05, 0) is 0 Å². The molecule has 0 spiro atoms. The molecule has 0 saturated heterocycles. The Morgan fingerprint density at radius 3 is 2.22 bits per heavy atom. The van der Waals surface area contributed by atoms with Crippen molar-refractivity contribution in [1.82, 2.24) is 9.97 Å². The highest BCUT2D eigenvalue weighted by atomic mass is 35.5. The van der Waals surface area contributed by atoms with Crippen LogP contribution in [0, 0.1) is 22.7 Å². The minimum atomic E-state index is 0.116. The van der Waals surface area contributed by atoms with Gasteiger partial charge in [0, 0.05) is 13.1 Å². The quantitative estimate of drug-likeness (QED) is 0.615. The molecule has 6 nitrogen and oxygen atoms in total. The number of hydrogen-bond acceptors (Lipinski definition) is 6. The van der Waals surface area contributed by atoms with Crippen LogP contribution in [0.1, 0.15) is 12.8 Å². The topological polar surface area (TPSA) is 97.4 Å². The number of nitrogens with one attached hydrogen (secondary N) is 2. The van der Waals surface area contributed by atoms with Gasteiger partial charge in [0.25, 0.3) is 0 Å². The summed E-state index contributed by atoms with van der Waals surface area (Å²) in [5.41, 5.74) is 0. The van der Waals surface area contributed by atoms with E-state index in [2.05, 4.69) is 20.6 Å². The Bertz CT molecular complexity index is 490. The standard InChI is InChI=1S/C10H10Cl2N6/c11-7-8(12)17-10(16-6-2-4-14)18-9(7)15-5-1-3-13/h1-2,5-6H2,(H2,15,16,17,18). The fourth-order valence-electron chi connectivity index (χ4n) is 1.08. The number of rotatable bonds is 6. The lowest BCUT2D eigenvalue weighted by Crippen LogP contribution is -2.09. The van der Waals surface area contributed by atoms with Gasteiger partial charge in [-0.1, -0.05) is 23.2 Å². The Labute approximate surface area is 115 Å². The van der Waals surface area contributed by atoms with Gasteiger partial charge in [0.2, 0.25) is 5.95 Å². The summed E-state index contributed by atoms with van der Waals surface area (Å²) in [6, 6.07) is 3.99. The van der Waals surface area contributed by atoms with E-state index in [9.17, 15) is 0 Å². The molecule has 1 rings (SSSR count). The molecule has 1 aromatic heterocycles. The Hall–Kier alpha value is -1.76. The highest BCUT2D eigenvalue weighted by Gasteiger charge is 2.10. The Morgan fingerprint density at radius 1 is 1.00 bits per heavy atom. The van der Waals surface area contributed by atoms with E-state index in [-0.39, 0.29) is 10.2 Å². The summed E-state index contributed by atoms with van der Waals surface area (Å²) in [5.74, 6) is 0.658. The summed E-state index contributed by atoms with van der Waals surface area (Å²) in [6.07, 6.45) is 0.663. The van der Waals surface area contributed by atoms with E-state index < -0.39 is 0 Å². The molecule has 0 aliphatic carbocycles. The van der Waals surface area contributed by atoms with E-state index in [1.54, 1.807) is 0 Å². The summed E-state index contributed by atoms with van der Waals surface area (Å²) in [6.45, 7) is 0.841. The highest BCUT2D eigenvalue weighted by molar-refractivity contribution is 6.42. The van der Waals surface area contributed by atoms with Crippen molar-refractivity contribution in [2.24, 2.45) is 0 Å². The molecule has 0 amide bonds. The maximum absolute atomic E-state index is 8.44. The molecule has 1 heterocycles. The second-order valence-corrected chi connectivity index (χ2v) is 3.91. The smallest absolute Gasteiger partial charge is 0.226 e. The van der Waals surface area contributed by atoms with Crippen molar-refractivity contribution >= 4 is 35.0 Å². The van der Waals surface area contributed by atoms with Crippen molar-refractivity contribution in [3.8, 4) is 12.1 Å². The van der Waals surface area contributed by atoms with Crippen LogP contribution in [0.4, 0.5) is 11.8 Å². The first-order valence-electron chi connectivity index (χ1n) is 5.13. The molecule has 0 aliphatic rings. The molecule has 0 saturated carbocycles. The van der Waals surface area contributed by atoms with E-state index in [0.29, 0.717) is 37.7 Å². The molecular formula is C10H10Cl2N6. The number of nitrogens with zero attached hydrogens (tertiary/aromatic N) is 4. The van der Waals surface area contributed by atoms with Gasteiger partial charge in [-0.25, -0.2) is 0 Å². The Morgan fingerprint density at radius 2 is 1.61 bits per heavy atom. The van der Waals surface area contributed by atoms with Crippen molar-refractivity contribution in [2.75, 3.05) is 23.7 Å². The van der Waals surface area contributed by atoms with Gasteiger partial charge in [-0.15, -0.1) is 0 Å². The summed E-state index contributed by atoms with van der Waals surface area (Å²) in [7, 11) is 0. The van der Waals surface area contributed by atoms with Gasteiger partial charge in [0.05, 0.1) is 25.0 Å². The highest BCUT2D eigenvalue weighted by Crippen LogP contribution is 2.27. The average molecular weight is 285 g/mol. The maximum Gasteiger partial charge on any atom is 0.226 e. The zero-order chi connectivity index (χ0) is 13.4. The monoisotopic (exact) mass is 284 g/mol. The number of halogens is 2. The molecular weight excluding hydrogens is 275 g/mol. The second kappa shape index (κ2) is 7.54. The van der Waals surface area contributed by atoms with Crippen molar-refractivity contribution in [1.29, 1.82) is 10.5 Å². The maximum atomic E-state index is 8.44. The SMILES string of the molecule is N#CCCNc1nc(Cl)c(Cl)c(NCCC#N)n1. The molecule has 1 aromatic rings. The lowest BCUT2D eigenvalue weighted by atomic mass is 10.4. The minimum Gasteiger partial charge on any atom is -0.368 e. The van der Waals surface area contributed by atoms with Gasteiger partial charge < -0.3 is 10.6 Å². The number of nitriles is 2. The van der Waals surface area contributed by atoms with Gasteiger partial charge in [0.1, 0.15) is 5.02 Å². The van der Waals surface area contributed by atoms with Crippen LogP contribution in [-0.4, -0.2) is 23.1 Å².